The fourth-order valence-electron chi connectivity index (χ4n) is 3.36. The number of nitrogens with zero attached hydrogens (tertiary/aromatic N) is 2. The molecular weight excluding hydrogens is 431 g/mol. The lowest BCUT2D eigenvalue weighted by Crippen LogP contribution is -2.24. The van der Waals surface area contributed by atoms with E-state index in [1.165, 1.54) is 11.1 Å². The van der Waals surface area contributed by atoms with Gasteiger partial charge in [-0.2, -0.15) is 0 Å². The number of esters is 1. The highest BCUT2D eigenvalue weighted by Gasteiger charge is 2.28. The summed E-state index contributed by atoms with van der Waals surface area (Å²) in [7, 11) is 2.36. The van der Waals surface area contributed by atoms with Gasteiger partial charge in [0.25, 0.3) is 0 Å². The highest BCUT2D eigenvalue weighted by Crippen LogP contribution is 2.49. The van der Waals surface area contributed by atoms with Crippen LogP contribution in [-0.2, 0) is 47.5 Å². The molecule has 8 nitrogen and oxygen atoms in total. The monoisotopic (exact) mass is 470 g/mol. The lowest BCUT2D eigenvalue weighted by atomic mass is 9.98. The number of hydrogen-bond donors (Lipinski definition) is 0. The molecule has 0 aromatic carbocycles. The predicted octanol–water partition coefficient (Wildman–Crippen LogP) is 4.32. The molecule has 182 valence electrons. The van der Waals surface area contributed by atoms with Gasteiger partial charge in [0.15, 0.2) is 0 Å². The van der Waals surface area contributed by atoms with E-state index >= 15 is 0 Å². The summed E-state index contributed by atoms with van der Waals surface area (Å²) in [5.41, 5.74) is 2.83. The third-order valence-corrected chi connectivity index (χ3v) is 7.26. The van der Waals surface area contributed by atoms with E-state index in [-0.39, 0.29) is 25.8 Å². The molecule has 1 aliphatic rings. The Morgan fingerprint density at radius 2 is 2.00 bits per heavy atom. The fourth-order valence-corrected chi connectivity index (χ4v) is 4.75. The number of ether oxygens (including phenoxy) is 2. The van der Waals surface area contributed by atoms with E-state index in [2.05, 4.69) is 23.2 Å². The van der Waals surface area contributed by atoms with Crippen molar-refractivity contribution in [1.29, 1.82) is 0 Å². The number of likely N-dealkylation sites (N-methyl/N-ethyl adjacent to an activating group) is 1. The van der Waals surface area contributed by atoms with E-state index < -0.39 is 19.0 Å². The van der Waals surface area contributed by atoms with Crippen LogP contribution >= 0.6 is 7.60 Å². The molecule has 0 aliphatic heterocycles. The van der Waals surface area contributed by atoms with Crippen LogP contribution in [0.1, 0.15) is 50.9 Å². The van der Waals surface area contributed by atoms with Crippen LogP contribution in [0.3, 0.4) is 0 Å². The van der Waals surface area contributed by atoms with Crippen molar-refractivity contribution in [2.75, 3.05) is 40.7 Å². The zero-order valence-corrected chi connectivity index (χ0v) is 21.4. The van der Waals surface area contributed by atoms with Crippen molar-refractivity contribution in [3.05, 3.63) is 29.1 Å². The molecule has 9 heteroatoms. The average Bonchev–Trinajstić information content (AvgIpc) is 3.07. The van der Waals surface area contributed by atoms with Gasteiger partial charge in [-0.1, -0.05) is 19.1 Å². The topological polar surface area (TPSA) is 79.2 Å². The van der Waals surface area contributed by atoms with E-state index in [1.54, 1.807) is 27.9 Å². The number of carbonyl (C=O) groups excluding carboxylic acids is 1. The Hall–Kier alpha value is -1.44. The summed E-state index contributed by atoms with van der Waals surface area (Å²) in [4.78, 5) is 14.1. The van der Waals surface area contributed by atoms with E-state index in [0.29, 0.717) is 6.42 Å². The van der Waals surface area contributed by atoms with Gasteiger partial charge in [0, 0.05) is 32.0 Å². The first-order chi connectivity index (χ1) is 15.0. The smallest absolute Gasteiger partial charge is 0.335 e. The Bertz CT molecular complexity index is 840. The van der Waals surface area contributed by atoms with Gasteiger partial charge in [0.1, 0.15) is 6.73 Å². The number of carbonyl (C=O) groups is 1. The van der Waals surface area contributed by atoms with Crippen molar-refractivity contribution in [2.45, 2.75) is 59.8 Å². The van der Waals surface area contributed by atoms with Gasteiger partial charge < -0.3 is 18.9 Å². The van der Waals surface area contributed by atoms with Crippen molar-refractivity contribution >= 4 is 19.6 Å². The van der Waals surface area contributed by atoms with Crippen LogP contribution in [0.4, 0.5) is 0 Å². The maximum absolute atomic E-state index is 13.2. The van der Waals surface area contributed by atoms with Crippen molar-refractivity contribution in [3.8, 4) is 0 Å². The lowest BCUT2D eigenvalue weighted by molar-refractivity contribution is -0.160. The molecule has 0 bridgehead atoms. The minimum atomic E-state index is -3.43. The van der Waals surface area contributed by atoms with Crippen LogP contribution < -0.4 is 0 Å². The maximum Gasteiger partial charge on any atom is 0.335 e. The predicted molar refractivity (Wildman–Crippen MR) is 126 cm³/mol. The third-order valence-electron chi connectivity index (χ3n) is 5.26. The molecule has 2 atom stereocenters. The van der Waals surface area contributed by atoms with Gasteiger partial charge in [-0.15, -0.1) is 0 Å². The van der Waals surface area contributed by atoms with Crippen LogP contribution in [0.15, 0.2) is 12.3 Å². The van der Waals surface area contributed by atoms with Gasteiger partial charge in [0.05, 0.1) is 17.7 Å². The molecule has 0 fully saturated rings. The average molecular weight is 471 g/mol. The maximum atomic E-state index is 13.2. The minimum Gasteiger partial charge on any atom is -0.438 e. The number of aromatic nitrogens is 1. The molecule has 1 aromatic rings. The standard InChI is InChI=1S/C23H39N2O6P/c1-8-13-32(27,31-17-29-22(26)23(2,3)4)30-16-25-15-18(11-12-24(5)6)20-10-9-19(28-7)14-21(20)25/h9-10,15,19H,8,11-14,16-17H2,1-7H3. The molecule has 1 aromatic heterocycles. The number of hydrogen-bond acceptors (Lipinski definition) is 7. The SMILES string of the molecule is CCCP(=O)(OCOC(=O)C(C)(C)C)OCn1cc(CCN(C)C)c2c1CC(OC)C=C2. The Morgan fingerprint density at radius 3 is 2.59 bits per heavy atom. The molecule has 2 unspecified atom stereocenters. The summed E-state index contributed by atoms with van der Waals surface area (Å²) < 4.78 is 37.2. The third kappa shape index (κ3) is 7.56. The van der Waals surface area contributed by atoms with Crippen molar-refractivity contribution in [3.63, 3.8) is 0 Å². The molecule has 1 aliphatic carbocycles. The second kappa shape index (κ2) is 11.6. The Kier molecular flexibility index (Phi) is 9.73. The van der Waals surface area contributed by atoms with Crippen LogP contribution in [0, 0.1) is 5.41 Å². The molecular formula is C23H39N2O6P. The largest absolute Gasteiger partial charge is 0.438 e. The first kappa shape index (κ1) is 26.8. The van der Waals surface area contributed by atoms with Gasteiger partial charge in [-0.3, -0.25) is 18.4 Å². The Morgan fingerprint density at radius 1 is 1.28 bits per heavy atom. The van der Waals surface area contributed by atoms with Gasteiger partial charge in [-0.05, 0) is 58.8 Å². The first-order valence-corrected chi connectivity index (χ1v) is 12.8. The van der Waals surface area contributed by atoms with Crippen LogP contribution in [0.25, 0.3) is 6.08 Å². The molecule has 0 radical (unpaired) electrons. The summed E-state index contributed by atoms with van der Waals surface area (Å²) in [6.45, 7) is 7.80. The second-order valence-electron chi connectivity index (χ2n) is 9.40. The molecule has 0 amide bonds. The van der Waals surface area contributed by atoms with Crippen LogP contribution in [-0.4, -0.2) is 62.2 Å². The van der Waals surface area contributed by atoms with Crippen LogP contribution in [0.5, 0.6) is 0 Å². The summed E-state index contributed by atoms with van der Waals surface area (Å²) in [6, 6.07) is 0. The first-order valence-electron chi connectivity index (χ1n) is 11.1. The summed E-state index contributed by atoms with van der Waals surface area (Å²) in [5, 5.41) is 0. The minimum absolute atomic E-state index is 0.00615. The van der Waals surface area contributed by atoms with E-state index in [0.717, 1.165) is 25.1 Å². The van der Waals surface area contributed by atoms with Crippen molar-refractivity contribution in [1.82, 2.24) is 9.47 Å². The summed E-state index contributed by atoms with van der Waals surface area (Å²) in [6.07, 6.45) is 8.71. The molecule has 0 saturated heterocycles. The molecule has 2 rings (SSSR count). The van der Waals surface area contributed by atoms with E-state index in [9.17, 15) is 9.36 Å². The normalized spacial score (nSPS) is 17.9. The number of methoxy groups -OCH3 is 1. The zero-order valence-electron chi connectivity index (χ0n) is 20.6. The zero-order chi connectivity index (χ0) is 23.9. The number of rotatable bonds is 12. The summed E-state index contributed by atoms with van der Waals surface area (Å²) >= 11 is 0. The van der Waals surface area contributed by atoms with Crippen LogP contribution in [0.2, 0.25) is 0 Å². The van der Waals surface area contributed by atoms with Gasteiger partial charge in [-0.25, -0.2) is 0 Å². The Balaban J connectivity index is 2.12. The molecule has 0 saturated carbocycles. The van der Waals surface area contributed by atoms with Crippen molar-refractivity contribution < 1.29 is 27.9 Å². The molecule has 0 N–H and O–H groups in total. The highest BCUT2D eigenvalue weighted by molar-refractivity contribution is 7.53. The molecule has 0 spiro atoms. The van der Waals surface area contributed by atoms with Crippen molar-refractivity contribution in [2.24, 2.45) is 5.41 Å². The second-order valence-corrected chi connectivity index (χ2v) is 11.6. The summed E-state index contributed by atoms with van der Waals surface area (Å²) in [5.74, 6) is -0.414. The number of fused-ring (bicyclic) bond motifs is 1. The van der Waals surface area contributed by atoms with E-state index in [1.807, 2.05) is 25.6 Å². The Labute approximate surface area is 192 Å². The van der Waals surface area contributed by atoms with Gasteiger partial charge in [0.2, 0.25) is 6.79 Å². The molecule has 32 heavy (non-hydrogen) atoms. The highest BCUT2D eigenvalue weighted by atomic mass is 31.2. The molecule has 1 heterocycles. The quantitative estimate of drug-likeness (QED) is 0.256. The van der Waals surface area contributed by atoms with E-state index in [4.69, 9.17) is 18.5 Å². The fraction of sp³-hybridized carbons (Fsp3) is 0.696. The van der Waals surface area contributed by atoms with Gasteiger partial charge >= 0.3 is 13.6 Å². The lowest BCUT2D eigenvalue weighted by Gasteiger charge is -2.22.